The van der Waals surface area contributed by atoms with E-state index in [-0.39, 0.29) is 6.61 Å². The van der Waals surface area contributed by atoms with Crippen LogP contribution in [0.15, 0.2) is 0 Å². The van der Waals surface area contributed by atoms with Crippen molar-refractivity contribution in [3.8, 4) is 11.8 Å². The maximum Gasteiger partial charge on any atom is 0.506 e. The predicted octanol–water partition coefficient (Wildman–Crippen LogP) is 0.704. The number of ether oxygens (including phenoxy) is 1. The predicted molar refractivity (Wildman–Crippen MR) is 27.4 cm³/mol. The first-order valence-corrected chi connectivity index (χ1v) is 2.02. The molecule has 0 rings (SSSR count). The van der Waals surface area contributed by atoms with Crippen molar-refractivity contribution in [3.05, 3.63) is 0 Å². The van der Waals surface area contributed by atoms with Gasteiger partial charge in [0, 0.05) is 0 Å². The Morgan fingerprint density at radius 1 is 1.88 bits per heavy atom. The highest BCUT2D eigenvalue weighted by molar-refractivity contribution is 5.57. The number of hydrogen-bond donors (Lipinski definition) is 1. The van der Waals surface area contributed by atoms with Gasteiger partial charge in [-0.1, -0.05) is 5.92 Å². The van der Waals surface area contributed by atoms with Gasteiger partial charge in [-0.15, -0.1) is 5.92 Å². The van der Waals surface area contributed by atoms with Gasteiger partial charge < -0.3 is 9.84 Å². The van der Waals surface area contributed by atoms with Crippen molar-refractivity contribution in [3.63, 3.8) is 0 Å². The van der Waals surface area contributed by atoms with Crippen LogP contribution in [0.2, 0.25) is 0 Å². The van der Waals surface area contributed by atoms with Crippen LogP contribution in [-0.2, 0) is 4.74 Å². The molecule has 0 atom stereocenters. The molecule has 0 amide bonds. The average molecular weight is 114 g/mol. The molecule has 0 unspecified atom stereocenters. The molecule has 0 saturated carbocycles. The van der Waals surface area contributed by atoms with E-state index in [1.54, 1.807) is 6.92 Å². The lowest BCUT2D eigenvalue weighted by Crippen LogP contribution is -1.98. The Balaban J connectivity index is 3.14. The Labute approximate surface area is 47.3 Å². The van der Waals surface area contributed by atoms with Gasteiger partial charge in [-0.25, -0.2) is 4.79 Å². The van der Waals surface area contributed by atoms with E-state index in [1.807, 2.05) is 0 Å². The summed E-state index contributed by atoms with van der Waals surface area (Å²) in [5, 5.41) is 7.85. The SMILES string of the molecule is CC#CCOC(=O)O. The van der Waals surface area contributed by atoms with Gasteiger partial charge in [-0.05, 0) is 6.92 Å². The topological polar surface area (TPSA) is 46.5 Å². The first-order valence-electron chi connectivity index (χ1n) is 2.02. The number of hydrogen-bond acceptors (Lipinski definition) is 2. The molecule has 3 heteroatoms. The Morgan fingerprint density at radius 2 is 2.50 bits per heavy atom. The van der Waals surface area contributed by atoms with E-state index in [1.165, 1.54) is 0 Å². The highest BCUT2D eigenvalue weighted by atomic mass is 16.7. The third-order valence-electron chi connectivity index (χ3n) is 0.445. The molecule has 0 aliphatic heterocycles. The Kier molecular flexibility index (Phi) is 3.42. The minimum absolute atomic E-state index is 0.0359. The molecular weight excluding hydrogens is 108 g/mol. The number of carbonyl (C=O) groups is 1. The van der Waals surface area contributed by atoms with Crippen LogP contribution in [0.25, 0.3) is 0 Å². The summed E-state index contributed by atoms with van der Waals surface area (Å²) in [5.74, 6) is 4.91. The van der Waals surface area contributed by atoms with Gasteiger partial charge in [0.1, 0.15) is 0 Å². The lowest BCUT2D eigenvalue weighted by atomic mass is 10.6. The van der Waals surface area contributed by atoms with Gasteiger partial charge in [-0.2, -0.15) is 0 Å². The molecule has 0 spiro atoms. The van der Waals surface area contributed by atoms with E-state index < -0.39 is 6.16 Å². The first kappa shape index (κ1) is 6.83. The summed E-state index contributed by atoms with van der Waals surface area (Å²) >= 11 is 0. The molecule has 0 saturated heterocycles. The number of rotatable bonds is 1. The molecule has 44 valence electrons. The van der Waals surface area contributed by atoms with Crippen LogP contribution in [-0.4, -0.2) is 17.9 Å². The Bertz CT molecular complexity index is 128. The van der Waals surface area contributed by atoms with Crippen molar-refractivity contribution in [2.45, 2.75) is 6.92 Å². The van der Waals surface area contributed by atoms with Crippen LogP contribution in [0.1, 0.15) is 6.92 Å². The van der Waals surface area contributed by atoms with Gasteiger partial charge in [0.15, 0.2) is 6.61 Å². The van der Waals surface area contributed by atoms with E-state index in [4.69, 9.17) is 5.11 Å². The molecule has 3 nitrogen and oxygen atoms in total. The molecule has 0 bridgehead atoms. The second-order valence-electron chi connectivity index (χ2n) is 0.981. The first-order chi connectivity index (χ1) is 3.77. The quantitative estimate of drug-likeness (QED) is 0.403. The van der Waals surface area contributed by atoms with Gasteiger partial charge in [0.2, 0.25) is 0 Å². The molecular formula is C5H6O3. The molecule has 0 aromatic rings. The van der Waals surface area contributed by atoms with Crippen LogP contribution in [0.4, 0.5) is 4.79 Å². The average Bonchev–Trinajstić information content (AvgIpc) is 1.66. The zero-order valence-electron chi connectivity index (χ0n) is 4.47. The molecule has 0 radical (unpaired) electrons. The summed E-state index contributed by atoms with van der Waals surface area (Å²) in [5.41, 5.74) is 0. The summed E-state index contributed by atoms with van der Waals surface area (Å²) in [6.45, 7) is 1.58. The minimum atomic E-state index is -1.28. The Hall–Kier alpha value is -1.17. The van der Waals surface area contributed by atoms with Crippen LogP contribution in [0, 0.1) is 11.8 Å². The van der Waals surface area contributed by atoms with E-state index in [2.05, 4.69) is 16.6 Å². The lowest BCUT2D eigenvalue weighted by molar-refractivity contribution is 0.103. The highest BCUT2D eigenvalue weighted by Crippen LogP contribution is 1.71. The van der Waals surface area contributed by atoms with Crippen molar-refractivity contribution >= 4 is 6.16 Å². The highest BCUT2D eigenvalue weighted by Gasteiger charge is 1.88. The normalized spacial score (nSPS) is 6.62. The van der Waals surface area contributed by atoms with Crippen LogP contribution >= 0.6 is 0 Å². The largest absolute Gasteiger partial charge is 0.506 e. The Morgan fingerprint density at radius 3 is 2.88 bits per heavy atom. The van der Waals surface area contributed by atoms with Crippen molar-refractivity contribution in [2.24, 2.45) is 0 Å². The van der Waals surface area contributed by atoms with Crippen molar-refractivity contribution in [1.82, 2.24) is 0 Å². The molecule has 1 N–H and O–H groups in total. The van der Waals surface area contributed by atoms with Crippen LogP contribution < -0.4 is 0 Å². The molecule has 0 aromatic heterocycles. The summed E-state index contributed by atoms with van der Waals surface area (Å²) in [4.78, 5) is 9.58. The third-order valence-corrected chi connectivity index (χ3v) is 0.445. The lowest BCUT2D eigenvalue weighted by Gasteiger charge is -1.87. The van der Waals surface area contributed by atoms with E-state index in [9.17, 15) is 4.79 Å². The molecule has 0 heterocycles. The third kappa shape index (κ3) is 4.83. The fraction of sp³-hybridized carbons (Fsp3) is 0.400. The van der Waals surface area contributed by atoms with Crippen LogP contribution in [0.5, 0.6) is 0 Å². The van der Waals surface area contributed by atoms with E-state index in [0.717, 1.165) is 0 Å². The molecule has 0 aromatic carbocycles. The minimum Gasteiger partial charge on any atom is -0.450 e. The summed E-state index contributed by atoms with van der Waals surface area (Å²) in [7, 11) is 0. The van der Waals surface area contributed by atoms with Gasteiger partial charge in [0.25, 0.3) is 0 Å². The summed E-state index contributed by atoms with van der Waals surface area (Å²) in [6.07, 6.45) is -1.28. The summed E-state index contributed by atoms with van der Waals surface area (Å²) in [6, 6.07) is 0. The second kappa shape index (κ2) is 4.00. The van der Waals surface area contributed by atoms with Crippen molar-refractivity contribution < 1.29 is 14.6 Å². The fourth-order valence-corrected chi connectivity index (χ4v) is 0.170. The van der Waals surface area contributed by atoms with Crippen molar-refractivity contribution in [1.29, 1.82) is 0 Å². The molecule has 0 fully saturated rings. The maximum atomic E-state index is 9.58. The molecule has 8 heavy (non-hydrogen) atoms. The maximum absolute atomic E-state index is 9.58. The molecule has 0 aliphatic rings. The van der Waals surface area contributed by atoms with Gasteiger partial charge in [-0.3, -0.25) is 0 Å². The van der Waals surface area contributed by atoms with E-state index >= 15 is 0 Å². The zero-order valence-corrected chi connectivity index (χ0v) is 4.47. The van der Waals surface area contributed by atoms with Crippen LogP contribution in [0.3, 0.4) is 0 Å². The standard InChI is InChI=1S/C5H6O3/c1-2-3-4-8-5(6)7/h4H2,1H3,(H,6,7). The van der Waals surface area contributed by atoms with Gasteiger partial charge in [0.05, 0.1) is 0 Å². The second-order valence-corrected chi connectivity index (χ2v) is 0.981. The van der Waals surface area contributed by atoms with E-state index in [0.29, 0.717) is 0 Å². The van der Waals surface area contributed by atoms with Gasteiger partial charge >= 0.3 is 6.16 Å². The van der Waals surface area contributed by atoms with Crippen molar-refractivity contribution in [2.75, 3.05) is 6.61 Å². The monoisotopic (exact) mass is 114 g/mol. The zero-order chi connectivity index (χ0) is 6.41. The smallest absolute Gasteiger partial charge is 0.450 e. The summed E-state index contributed by atoms with van der Waals surface area (Å²) < 4.78 is 4.03. The number of carboxylic acid groups (broad SMARTS) is 1. The fourth-order valence-electron chi connectivity index (χ4n) is 0.170. The molecule has 0 aliphatic carbocycles.